The van der Waals surface area contributed by atoms with E-state index in [0.29, 0.717) is 10.0 Å². The van der Waals surface area contributed by atoms with Crippen molar-refractivity contribution in [3.05, 3.63) is 58.6 Å². The summed E-state index contributed by atoms with van der Waals surface area (Å²) >= 11 is 12.2. The Morgan fingerprint density at radius 2 is 1.33 bits per heavy atom. The van der Waals surface area contributed by atoms with Crippen LogP contribution in [0, 0.1) is 0 Å². The Bertz CT molecular complexity index is 434. The van der Waals surface area contributed by atoms with Gasteiger partial charge in [0.2, 0.25) is 0 Å². The van der Waals surface area contributed by atoms with Crippen LogP contribution in [-0.4, -0.2) is 15.0 Å². The van der Waals surface area contributed by atoms with Crippen molar-refractivity contribution in [2.45, 2.75) is 0 Å². The first kappa shape index (κ1) is 11.0. The van der Waals surface area contributed by atoms with E-state index >= 15 is 0 Å². The molecule has 0 nitrogen and oxygen atoms in total. The zero-order chi connectivity index (χ0) is 10.7. The molecule has 15 heavy (non-hydrogen) atoms. The minimum atomic E-state index is 0.274. The molecule has 0 fully saturated rings. The fourth-order valence-electron chi connectivity index (χ4n) is 1.21. The normalized spacial score (nSPS) is 10.3. The molecule has 0 heterocycles. The van der Waals surface area contributed by atoms with Crippen LogP contribution in [0.1, 0.15) is 0 Å². The Labute approximate surface area is 105 Å². The van der Waals surface area contributed by atoms with E-state index in [9.17, 15) is 0 Å². The monoisotopic (exact) mass is 302 g/mol. The molecular formula is C12H8Cl2Se. The van der Waals surface area contributed by atoms with Gasteiger partial charge in [-0.3, -0.25) is 0 Å². The van der Waals surface area contributed by atoms with Crippen molar-refractivity contribution in [3.8, 4) is 0 Å². The van der Waals surface area contributed by atoms with Gasteiger partial charge in [0.25, 0.3) is 0 Å². The average Bonchev–Trinajstić information content (AvgIpc) is 2.17. The molecule has 2 rings (SSSR count). The second-order valence-corrected chi connectivity index (χ2v) is 6.30. The Hall–Kier alpha value is -0.461. The van der Waals surface area contributed by atoms with Crippen LogP contribution in [0.25, 0.3) is 0 Å². The van der Waals surface area contributed by atoms with Gasteiger partial charge in [0.05, 0.1) is 0 Å². The summed E-state index contributed by atoms with van der Waals surface area (Å²) in [6.45, 7) is 0. The van der Waals surface area contributed by atoms with Crippen molar-refractivity contribution in [2.24, 2.45) is 0 Å². The number of rotatable bonds is 2. The van der Waals surface area contributed by atoms with E-state index in [4.69, 9.17) is 23.2 Å². The van der Waals surface area contributed by atoms with Crippen LogP contribution in [-0.2, 0) is 0 Å². The number of benzene rings is 2. The standard InChI is InChI=1S/C12H8Cl2Se/c13-9-6-10(14)8-12(7-9)15-11-4-2-1-3-5-11/h1-8H. The van der Waals surface area contributed by atoms with Crippen LogP contribution >= 0.6 is 23.2 Å². The third kappa shape index (κ3) is 3.25. The molecule has 0 N–H and O–H groups in total. The van der Waals surface area contributed by atoms with Gasteiger partial charge in [-0.05, 0) is 0 Å². The predicted octanol–water partition coefficient (Wildman–Crippen LogP) is 2.65. The van der Waals surface area contributed by atoms with Crippen molar-refractivity contribution >= 4 is 47.1 Å². The fourth-order valence-corrected chi connectivity index (χ4v) is 4.00. The van der Waals surface area contributed by atoms with Gasteiger partial charge in [-0.15, -0.1) is 0 Å². The van der Waals surface area contributed by atoms with Crippen molar-refractivity contribution in [3.63, 3.8) is 0 Å². The van der Waals surface area contributed by atoms with Crippen molar-refractivity contribution in [1.29, 1.82) is 0 Å². The maximum atomic E-state index is 5.94. The Kier molecular flexibility index (Phi) is 3.71. The summed E-state index contributed by atoms with van der Waals surface area (Å²) in [5, 5.41) is 1.41. The van der Waals surface area contributed by atoms with Gasteiger partial charge in [-0.25, -0.2) is 0 Å². The van der Waals surface area contributed by atoms with Crippen LogP contribution < -0.4 is 8.92 Å². The summed E-state index contributed by atoms with van der Waals surface area (Å²) in [6, 6.07) is 16.1. The molecule has 0 aliphatic heterocycles. The fraction of sp³-hybridized carbons (Fsp3) is 0. The summed E-state index contributed by atoms with van der Waals surface area (Å²) in [6.07, 6.45) is 0. The molecule has 0 radical (unpaired) electrons. The molecule has 2 aromatic carbocycles. The van der Waals surface area contributed by atoms with Crippen LogP contribution in [0.3, 0.4) is 0 Å². The van der Waals surface area contributed by atoms with Crippen LogP contribution in [0.2, 0.25) is 10.0 Å². The molecule has 0 spiro atoms. The van der Waals surface area contributed by atoms with E-state index in [2.05, 4.69) is 12.1 Å². The molecule has 0 saturated heterocycles. The molecule has 3 heteroatoms. The van der Waals surface area contributed by atoms with Gasteiger partial charge in [0, 0.05) is 0 Å². The Morgan fingerprint density at radius 1 is 0.733 bits per heavy atom. The van der Waals surface area contributed by atoms with Crippen molar-refractivity contribution < 1.29 is 0 Å². The molecule has 0 atom stereocenters. The number of hydrogen-bond acceptors (Lipinski definition) is 0. The summed E-state index contributed by atoms with van der Waals surface area (Å²) in [7, 11) is 0. The van der Waals surface area contributed by atoms with E-state index in [0.717, 1.165) is 0 Å². The summed E-state index contributed by atoms with van der Waals surface area (Å²) in [5.74, 6) is 0. The maximum absolute atomic E-state index is 5.94. The summed E-state index contributed by atoms with van der Waals surface area (Å²) in [4.78, 5) is 0. The first-order valence-corrected chi connectivity index (χ1v) is 6.90. The first-order valence-electron chi connectivity index (χ1n) is 4.43. The summed E-state index contributed by atoms with van der Waals surface area (Å²) in [5.41, 5.74) is 0. The Morgan fingerprint density at radius 3 is 1.93 bits per heavy atom. The minimum absolute atomic E-state index is 0.274. The molecule has 2 aromatic rings. The van der Waals surface area contributed by atoms with Crippen molar-refractivity contribution in [1.82, 2.24) is 0 Å². The second-order valence-electron chi connectivity index (χ2n) is 3.02. The van der Waals surface area contributed by atoms with E-state index in [1.54, 1.807) is 6.07 Å². The molecule has 0 aliphatic carbocycles. The molecular weight excluding hydrogens is 294 g/mol. The molecule has 0 bridgehead atoms. The van der Waals surface area contributed by atoms with Crippen molar-refractivity contribution in [2.75, 3.05) is 0 Å². The van der Waals surface area contributed by atoms with E-state index in [-0.39, 0.29) is 15.0 Å². The second kappa shape index (κ2) is 5.05. The van der Waals surface area contributed by atoms with E-state index in [1.165, 1.54) is 8.92 Å². The topological polar surface area (TPSA) is 0 Å². The zero-order valence-electron chi connectivity index (χ0n) is 7.78. The van der Waals surface area contributed by atoms with Crippen LogP contribution in [0.5, 0.6) is 0 Å². The van der Waals surface area contributed by atoms with E-state index < -0.39 is 0 Å². The van der Waals surface area contributed by atoms with Gasteiger partial charge in [0.1, 0.15) is 0 Å². The van der Waals surface area contributed by atoms with Gasteiger partial charge in [0.15, 0.2) is 0 Å². The Balaban J connectivity index is 2.25. The van der Waals surface area contributed by atoms with Gasteiger partial charge in [-0.2, -0.15) is 0 Å². The zero-order valence-corrected chi connectivity index (χ0v) is 11.0. The summed E-state index contributed by atoms with van der Waals surface area (Å²) < 4.78 is 2.52. The SMILES string of the molecule is Clc1cc(Cl)cc([Se]c2ccccc2)c1. The number of hydrogen-bond donors (Lipinski definition) is 0. The predicted molar refractivity (Wildman–Crippen MR) is 67.9 cm³/mol. The number of halogens is 2. The third-order valence-corrected chi connectivity index (χ3v) is 4.31. The van der Waals surface area contributed by atoms with Gasteiger partial charge in [-0.1, -0.05) is 0 Å². The molecule has 76 valence electrons. The van der Waals surface area contributed by atoms with Gasteiger partial charge < -0.3 is 0 Å². The molecule has 0 unspecified atom stereocenters. The first-order chi connectivity index (χ1) is 7.24. The van der Waals surface area contributed by atoms with E-state index in [1.807, 2.05) is 30.3 Å². The third-order valence-electron chi connectivity index (χ3n) is 1.81. The van der Waals surface area contributed by atoms with Crippen LogP contribution in [0.4, 0.5) is 0 Å². The molecule has 0 amide bonds. The van der Waals surface area contributed by atoms with Crippen LogP contribution in [0.15, 0.2) is 48.5 Å². The van der Waals surface area contributed by atoms with Gasteiger partial charge >= 0.3 is 106 Å². The molecule has 0 aliphatic rings. The average molecular weight is 302 g/mol. The quantitative estimate of drug-likeness (QED) is 0.748. The molecule has 0 saturated carbocycles. The molecule has 0 aromatic heterocycles.